The van der Waals surface area contributed by atoms with Crippen LogP contribution in [0.4, 0.5) is 0 Å². The topological polar surface area (TPSA) is 66.5 Å². The predicted molar refractivity (Wildman–Crippen MR) is 86.9 cm³/mol. The van der Waals surface area contributed by atoms with Gasteiger partial charge in [-0.3, -0.25) is 4.79 Å². The van der Waals surface area contributed by atoms with Gasteiger partial charge in [0.15, 0.2) is 0 Å². The Hall–Kier alpha value is -1.40. The third kappa shape index (κ3) is 4.30. The lowest BCUT2D eigenvalue weighted by molar-refractivity contribution is -0.133. The first-order valence-electron chi connectivity index (χ1n) is 7.74. The number of nitrogens with one attached hydrogen (secondary N) is 1. The third-order valence-electron chi connectivity index (χ3n) is 4.18. The Morgan fingerprint density at radius 3 is 2.59 bits per heavy atom. The van der Waals surface area contributed by atoms with Gasteiger partial charge in [-0.1, -0.05) is 30.3 Å². The highest BCUT2D eigenvalue weighted by molar-refractivity contribution is 7.89. The molecule has 1 aromatic rings. The number of piperidine rings is 1. The van der Waals surface area contributed by atoms with E-state index < -0.39 is 10.0 Å². The summed E-state index contributed by atoms with van der Waals surface area (Å²) in [6.07, 6.45) is 2.25. The number of hydrogen-bond acceptors (Lipinski definition) is 3. The summed E-state index contributed by atoms with van der Waals surface area (Å²) in [6, 6.07) is 9.54. The van der Waals surface area contributed by atoms with Gasteiger partial charge in [-0.15, -0.1) is 0 Å². The molecule has 0 bridgehead atoms. The van der Waals surface area contributed by atoms with Crippen molar-refractivity contribution in [2.75, 3.05) is 12.3 Å². The van der Waals surface area contributed by atoms with Crippen molar-refractivity contribution >= 4 is 15.9 Å². The highest BCUT2D eigenvalue weighted by atomic mass is 32.2. The number of amides is 1. The number of rotatable bonds is 5. The van der Waals surface area contributed by atoms with Crippen LogP contribution in [0.5, 0.6) is 0 Å². The Morgan fingerprint density at radius 1 is 1.32 bits per heavy atom. The van der Waals surface area contributed by atoms with Crippen LogP contribution in [-0.2, 0) is 21.2 Å². The van der Waals surface area contributed by atoms with Crippen LogP contribution in [0.3, 0.4) is 0 Å². The first-order chi connectivity index (χ1) is 10.4. The van der Waals surface area contributed by atoms with E-state index in [9.17, 15) is 13.2 Å². The second kappa shape index (κ2) is 7.24. The average molecular weight is 324 g/mol. The van der Waals surface area contributed by atoms with Gasteiger partial charge >= 0.3 is 0 Å². The molecule has 2 unspecified atom stereocenters. The Morgan fingerprint density at radius 2 is 2.00 bits per heavy atom. The van der Waals surface area contributed by atoms with E-state index in [2.05, 4.69) is 4.72 Å². The summed E-state index contributed by atoms with van der Waals surface area (Å²) in [6.45, 7) is 3.87. The molecule has 1 aliphatic heterocycles. The van der Waals surface area contributed by atoms with Gasteiger partial charge in [0.05, 0.1) is 11.8 Å². The summed E-state index contributed by atoms with van der Waals surface area (Å²) < 4.78 is 26.6. The van der Waals surface area contributed by atoms with Gasteiger partial charge in [-0.25, -0.2) is 13.1 Å². The van der Waals surface area contributed by atoms with Crippen LogP contribution in [0.25, 0.3) is 0 Å². The molecule has 0 saturated carbocycles. The molecule has 0 spiro atoms. The van der Waals surface area contributed by atoms with E-state index in [0.29, 0.717) is 13.0 Å². The van der Waals surface area contributed by atoms with Crippen LogP contribution in [0, 0.1) is 0 Å². The first kappa shape index (κ1) is 17.0. The molecular weight excluding hydrogens is 300 g/mol. The largest absolute Gasteiger partial charge is 0.338 e. The van der Waals surface area contributed by atoms with Crippen LogP contribution in [-0.4, -0.2) is 43.6 Å². The monoisotopic (exact) mass is 324 g/mol. The van der Waals surface area contributed by atoms with Crippen molar-refractivity contribution < 1.29 is 13.2 Å². The number of benzene rings is 1. The predicted octanol–water partition coefficient (Wildman–Crippen LogP) is 1.55. The van der Waals surface area contributed by atoms with Crippen molar-refractivity contribution in [1.29, 1.82) is 0 Å². The summed E-state index contributed by atoms with van der Waals surface area (Å²) in [5, 5.41) is 0. The molecule has 0 aliphatic carbocycles. The molecule has 22 heavy (non-hydrogen) atoms. The van der Waals surface area contributed by atoms with E-state index in [0.717, 1.165) is 18.4 Å². The number of hydrogen-bond donors (Lipinski definition) is 1. The van der Waals surface area contributed by atoms with Crippen molar-refractivity contribution in [2.24, 2.45) is 0 Å². The standard InChI is InChI=1S/C16H24N2O3S/c1-3-22(20,21)17-15-10-7-11-18(13(2)19)16(15)12-14-8-5-4-6-9-14/h4-6,8-9,15-17H,3,7,10-12H2,1-2H3. The Kier molecular flexibility index (Phi) is 5.58. The lowest BCUT2D eigenvalue weighted by atomic mass is 9.91. The minimum Gasteiger partial charge on any atom is -0.338 e. The normalized spacial score (nSPS) is 22.5. The minimum atomic E-state index is -3.28. The van der Waals surface area contributed by atoms with E-state index >= 15 is 0 Å². The fraction of sp³-hybridized carbons (Fsp3) is 0.562. The molecule has 1 aromatic carbocycles. The highest BCUT2D eigenvalue weighted by Crippen LogP contribution is 2.22. The highest BCUT2D eigenvalue weighted by Gasteiger charge is 2.34. The second-order valence-corrected chi connectivity index (χ2v) is 7.78. The van der Waals surface area contributed by atoms with Gasteiger partial charge in [0.2, 0.25) is 15.9 Å². The zero-order valence-corrected chi connectivity index (χ0v) is 14.0. The van der Waals surface area contributed by atoms with E-state index in [1.165, 1.54) is 0 Å². The SMILES string of the molecule is CCS(=O)(=O)NC1CCCN(C(C)=O)C1Cc1ccccc1. The summed E-state index contributed by atoms with van der Waals surface area (Å²) >= 11 is 0. The van der Waals surface area contributed by atoms with Crippen LogP contribution in [0.2, 0.25) is 0 Å². The maximum atomic E-state index is 11.9. The van der Waals surface area contributed by atoms with Gasteiger partial charge in [0.25, 0.3) is 0 Å². The fourth-order valence-corrected chi connectivity index (χ4v) is 3.91. The minimum absolute atomic E-state index is 0.00123. The molecule has 1 amide bonds. The molecule has 1 aliphatic rings. The molecular formula is C16H24N2O3S. The summed E-state index contributed by atoms with van der Waals surface area (Å²) in [7, 11) is -3.28. The maximum absolute atomic E-state index is 11.9. The number of sulfonamides is 1. The quantitative estimate of drug-likeness (QED) is 0.893. The molecule has 122 valence electrons. The third-order valence-corrected chi connectivity index (χ3v) is 5.60. The van der Waals surface area contributed by atoms with Gasteiger partial charge in [-0.2, -0.15) is 0 Å². The molecule has 1 heterocycles. The molecule has 6 heteroatoms. The van der Waals surface area contributed by atoms with Crippen LogP contribution in [0.15, 0.2) is 30.3 Å². The molecule has 2 atom stereocenters. The van der Waals surface area contributed by atoms with Crippen molar-refractivity contribution in [3.63, 3.8) is 0 Å². The summed E-state index contributed by atoms with van der Waals surface area (Å²) in [4.78, 5) is 13.7. The second-order valence-electron chi connectivity index (χ2n) is 5.74. The molecule has 5 nitrogen and oxygen atoms in total. The average Bonchev–Trinajstić information content (AvgIpc) is 2.49. The number of nitrogens with zero attached hydrogens (tertiary/aromatic N) is 1. The van der Waals surface area contributed by atoms with E-state index in [1.54, 1.807) is 18.7 Å². The summed E-state index contributed by atoms with van der Waals surface area (Å²) in [5.74, 6) is 0.0584. The lowest BCUT2D eigenvalue weighted by Gasteiger charge is -2.41. The van der Waals surface area contributed by atoms with Gasteiger partial charge in [-0.05, 0) is 31.7 Å². The van der Waals surface area contributed by atoms with Crippen molar-refractivity contribution in [3.05, 3.63) is 35.9 Å². The van der Waals surface area contributed by atoms with Crippen LogP contribution in [0.1, 0.15) is 32.3 Å². The smallest absolute Gasteiger partial charge is 0.219 e. The molecule has 0 radical (unpaired) electrons. The zero-order valence-electron chi connectivity index (χ0n) is 13.2. The molecule has 0 aromatic heterocycles. The van der Waals surface area contributed by atoms with Gasteiger partial charge < -0.3 is 4.90 Å². The Bertz CT molecular complexity index is 601. The van der Waals surface area contributed by atoms with E-state index in [4.69, 9.17) is 0 Å². The molecule has 1 N–H and O–H groups in total. The lowest BCUT2D eigenvalue weighted by Crippen LogP contribution is -2.57. The van der Waals surface area contributed by atoms with Gasteiger partial charge in [0, 0.05) is 19.5 Å². The number of likely N-dealkylation sites (tertiary alicyclic amines) is 1. The van der Waals surface area contributed by atoms with Crippen LogP contribution >= 0.6 is 0 Å². The molecule has 1 saturated heterocycles. The maximum Gasteiger partial charge on any atom is 0.219 e. The zero-order chi connectivity index (χ0) is 16.2. The van der Waals surface area contributed by atoms with E-state index in [1.807, 2.05) is 30.3 Å². The van der Waals surface area contributed by atoms with Crippen molar-refractivity contribution in [3.8, 4) is 0 Å². The summed E-state index contributed by atoms with van der Waals surface area (Å²) in [5.41, 5.74) is 1.11. The first-order valence-corrected chi connectivity index (χ1v) is 9.39. The number of carbonyl (C=O) groups excluding carboxylic acids is 1. The van der Waals surface area contributed by atoms with Crippen LogP contribution < -0.4 is 4.72 Å². The van der Waals surface area contributed by atoms with Gasteiger partial charge in [0.1, 0.15) is 0 Å². The fourth-order valence-electron chi connectivity index (χ4n) is 3.01. The molecule has 2 rings (SSSR count). The number of carbonyl (C=O) groups is 1. The van der Waals surface area contributed by atoms with Crippen molar-refractivity contribution in [2.45, 2.75) is 45.2 Å². The van der Waals surface area contributed by atoms with E-state index in [-0.39, 0.29) is 23.7 Å². The Labute approximate surface area is 132 Å². The van der Waals surface area contributed by atoms with Crippen molar-refractivity contribution in [1.82, 2.24) is 9.62 Å². The molecule has 1 fully saturated rings. The Balaban J connectivity index is 2.23.